The summed E-state index contributed by atoms with van der Waals surface area (Å²) < 4.78 is 1.95. The standard InChI is InChI=1S/C21H24ClN5OS/c1-13(2)12-24-20(28)15(4)29-21-26-25-19(16-8-10-23-11-9-16)27(21)18-7-5-6-17(22)14(18)3/h5-11,13,15H,12H2,1-4H3,(H,24,28)/t15-/m1/s1. The monoisotopic (exact) mass is 429 g/mol. The highest BCUT2D eigenvalue weighted by atomic mass is 35.5. The van der Waals surface area contributed by atoms with Crippen LogP contribution in [0.15, 0.2) is 47.9 Å². The molecule has 0 aliphatic heterocycles. The minimum atomic E-state index is -0.318. The number of pyridine rings is 1. The molecule has 1 N–H and O–H groups in total. The van der Waals surface area contributed by atoms with Crippen LogP contribution >= 0.6 is 23.4 Å². The predicted octanol–water partition coefficient (Wildman–Crippen LogP) is 4.54. The van der Waals surface area contributed by atoms with Crippen molar-refractivity contribution < 1.29 is 4.79 Å². The second kappa shape index (κ2) is 9.41. The minimum absolute atomic E-state index is 0.0217. The molecule has 3 rings (SSSR count). The van der Waals surface area contributed by atoms with Gasteiger partial charge in [-0.3, -0.25) is 14.3 Å². The smallest absolute Gasteiger partial charge is 0.233 e. The molecule has 0 unspecified atom stereocenters. The molecule has 0 spiro atoms. The van der Waals surface area contributed by atoms with Crippen molar-refractivity contribution >= 4 is 29.3 Å². The van der Waals surface area contributed by atoms with Gasteiger partial charge >= 0.3 is 0 Å². The third-order valence-electron chi connectivity index (χ3n) is 4.39. The summed E-state index contributed by atoms with van der Waals surface area (Å²) in [4.78, 5) is 16.6. The Morgan fingerprint density at radius 3 is 2.59 bits per heavy atom. The van der Waals surface area contributed by atoms with E-state index in [1.165, 1.54) is 11.8 Å². The van der Waals surface area contributed by atoms with Gasteiger partial charge in [-0.1, -0.05) is 43.3 Å². The summed E-state index contributed by atoms with van der Waals surface area (Å²) in [7, 11) is 0. The van der Waals surface area contributed by atoms with Crippen molar-refractivity contribution in [2.45, 2.75) is 38.1 Å². The van der Waals surface area contributed by atoms with Crippen molar-refractivity contribution in [3.63, 3.8) is 0 Å². The molecule has 152 valence electrons. The molecule has 2 aromatic heterocycles. The van der Waals surface area contributed by atoms with Gasteiger partial charge in [0.15, 0.2) is 11.0 Å². The Morgan fingerprint density at radius 2 is 1.90 bits per heavy atom. The molecule has 0 fully saturated rings. The van der Waals surface area contributed by atoms with E-state index < -0.39 is 0 Å². The number of thioether (sulfide) groups is 1. The molecule has 1 amide bonds. The number of nitrogens with one attached hydrogen (secondary N) is 1. The highest BCUT2D eigenvalue weighted by Crippen LogP contribution is 2.33. The van der Waals surface area contributed by atoms with E-state index in [2.05, 4.69) is 34.3 Å². The number of nitrogens with zero attached hydrogens (tertiary/aromatic N) is 4. The highest BCUT2D eigenvalue weighted by molar-refractivity contribution is 8.00. The first-order valence-electron chi connectivity index (χ1n) is 9.44. The number of rotatable bonds is 7. The van der Waals surface area contributed by atoms with Gasteiger partial charge in [0, 0.05) is 29.5 Å². The van der Waals surface area contributed by atoms with Crippen LogP contribution in [-0.2, 0) is 4.79 Å². The van der Waals surface area contributed by atoms with Crippen LogP contribution in [0.2, 0.25) is 5.02 Å². The van der Waals surface area contributed by atoms with Crippen molar-refractivity contribution in [2.24, 2.45) is 5.92 Å². The molecule has 6 nitrogen and oxygen atoms in total. The summed E-state index contributed by atoms with van der Waals surface area (Å²) in [6.45, 7) is 8.61. The lowest BCUT2D eigenvalue weighted by molar-refractivity contribution is -0.120. The Labute approximate surface area is 180 Å². The van der Waals surface area contributed by atoms with E-state index in [1.807, 2.05) is 48.7 Å². The van der Waals surface area contributed by atoms with Gasteiger partial charge in [-0.2, -0.15) is 0 Å². The van der Waals surface area contributed by atoms with Crippen molar-refractivity contribution in [1.82, 2.24) is 25.1 Å². The van der Waals surface area contributed by atoms with Crippen LogP contribution in [0.4, 0.5) is 0 Å². The molecule has 1 aromatic carbocycles. The Kier molecular flexibility index (Phi) is 6.92. The Bertz CT molecular complexity index is 990. The molecule has 0 saturated heterocycles. The van der Waals surface area contributed by atoms with Gasteiger partial charge in [0.2, 0.25) is 5.91 Å². The molecule has 1 atom stereocenters. The zero-order valence-corrected chi connectivity index (χ0v) is 18.5. The van der Waals surface area contributed by atoms with Crippen LogP contribution < -0.4 is 5.32 Å². The van der Waals surface area contributed by atoms with Gasteiger partial charge in [0.05, 0.1) is 10.9 Å². The fourth-order valence-corrected chi connectivity index (χ4v) is 3.80. The first-order chi connectivity index (χ1) is 13.9. The van der Waals surface area contributed by atoms with E-state index in [4.69, 9.17) is 11.6 Å². The normalized spacial score (nSPS) is 12.2. The fraction of sp³-hybridized carbons (Fsp3) is 0.333. The molecule has 0 bridgehead atoms. The summed E-state index contributed by atoms with van der Waals surface area (Å²) in [5.74, 6) is 1.05. The Balaban J connectivity index is 2.01. The van der Waals surface area contributed by atoms with Crippen LogP contribution in [0.5, 0.6) is 0 Å². The molecule has 0 aliphatic carbocycles. The van der Waals surface area contributed by atoms with Gasteiger partial charge in [-0.15, -0.1) is 10.2 Å². The molecule has 29 heavy (non-hydrogen) atoms. The van der Waals surface area contributed by atoms with Crippen LogP contribution in [0, 0.1) is 12.8 Å². The zero-order valence-electron chi connectivity index (χ0n) is 16.9. The SMILES string of the molecule is Cc1c(Cl)cccc1-n1c(S[C@H](C)C(=O)NCC(C)C)nnc1-c1ccncc1. The van der Waals surface area contributed by atoms with Crippen molar-refractivity contribution in [3.05, 3.63) is 53.3 Å². The molecule has 3 aromatic rings. The Hall–Kier alpha value is -2.38. The number of carbonyl (C=O) groups excluding carboxylic acids is 1. The lowest BCUT2D eigenvalue weighted by Crippen LogP contribution is -2.33. The van der Waals surface area contributed by atoms with E-state index in [0.29, 0.717) is 28.5 Å². The number of amides is 1. The lowest BCUT2D eigenvalue weighted by Gasteiger charge is -2.16. The second-order valence-electron chi connectivity index (χ2n) is 7.16. The summed E-state index contributed by atoms with van der Waals surface area (Å²) in [5, 5.41) is 12.8. The predicted molar refractivity (Wildman–Crippen MR) is 118 cm³/mol. The van der Waals surface area contributed by atoms with Gasteiger partial charge in [0.1, 0.15) is 0 Å². The van der Waals surface area contributed by atoms with Gasteiger partial charge in [-0.25, -0.2) is 0 Å². The Morgan fingerprint density at radius 1 is 1.17 bits per heavy atom. The highest BCUT2D eigenvalue weighted by Gasteiger charge is 2.23. The summed E-state index contributed by atoms with van der Waals surface area (Å²) in [6.07, 6.45) is 3.43. The maximum absolute atomic E-state index is 12.5. The molecule has 0 radical (unpaired) electrons. The minimum Gasteiger partial charge on any atom is -0.355 e. The quantitative estimate of drug-likeness (QED) is 0.558. The maximum atomic E-state index is 12.5. The maximum Gasteiger partial charge on any atom is 0.233 e. The van der Waals surface area contributed by atoms with Crippen molar-refractivity contribution in [1.29, 1.82) is 0 Å². The molecule has 0 saturated carbocycles. The van der Waals surface area contributed by atoms with Crippen LogP contribution in [0.1, 0.15) is 26.3 Å². The first kappa shape index (κ1) is 21.3. The van der Waals surface area contributed by atoms with Crippen LogP contribution in [-0.4, -0.2) is 37.5 Å². The number of aromatic nitrogens is 4. The van der Waals surface area contributed by atoms with E-state index >= 15 is 0 Å². The molecular formula is C21H24ClN5OS. The summed E-state index contributed by atoms with van der Waals surface area (Å²) in [6, 6.07) is 9.49. The van der Waals surface area contributed by atoms with Gasteiger partial charge in [0.25, 0.3) is 0 Å². The third kappa shape index (κ3) is 4.97. The van der Waals surface area contributed by atoms with Crippen LogP contribution in [0.3, 0.4) is 0 Å². The summed E-state index contributed by atoms with van der Waals surface area (Å²) >= 11 is 7.75. The fourth-order valence-electron chi connectivity index (χ4n) is 2.75. The number of halogens is 1. The number of hydrogen-bond acceptors (Lipinski definition) is 5. The van der Waals surface area contributed by atoms with Crippen LogP contribution in [0.25, 0.3) is 17.1 Å². The average Bonchev–Trinajstić information content (AvgIpc) is 3.12. The molecular weight excluding hydrogens is 406 g/mol. The van der Waals surface area contributed by atoms with Gasteiger partial charge < -0.3 is 5.32 Å². The van der Waals surface area contributed by atoms with E-state index in [0.717, 1.165) is 16.8 Å². The van der Waals surface area contributed by atoms with E-state index in [9.17, 15) is 4.79 Å². The number of benzene rings is 1. The van der Waals surface area contributed by atoms with E-state index in [1.54, 1.807) is 12.4 Å². The van der Waals surface area contributed by atoms with Crippen molar-refractivity contribution in [3.8, 4) is 17.1 Å². The largest absolute Gasteiger partial charge is 0.355 e. The van der Waals surface area contributed by atoms with Crippen molar-refractivity contribution in [2.75, 3.05) is 6.54 Å². The second-order valence-corrected chi connectivity index (χ2v) is 8.88. The zero-order chi connectivity index (χ0) is 21.0. The molecule has 8 heteroatoms. The number of hydrogen-bond donors (Lipinski definition) is 1. The molecule has 0 aliphatic rings. The summed E-state index contributed by atoms with van der Waals surface area (Å²) in [5.41, 5.74) is 2.69. The topological polar surface area (TPSA) is 72.7 Å². The third-order valence-corrected chi connectivity index (χ3v) is 5.84. The number of carbonyl (C=O) groups is 1. The van der Waals surface area contributed by atoms with Gasteiger partial charge in [-0.05, 0) is 49.6 Å². The average molecular weight is 430 g/mol. The first-order valence-corrected chi connectivity index (χ1v) is 10.7. The van der Waals surface area contributed by atoms with E-state index in [-0.39, 0.29) is 11.2 Å². The molecule has 2 heterocycles. The lowest BCUT2D eigenvalue weighted by atomic mass is 10.2.